The molecule has 4 aromatic rings. The molecule has 10 heteroatoms. The summed E-state index contributed by atoms with van der Waals surface area (Å²) in [6, 6.07) is 11.6. The highest BCUT2D eigenvalue weighted by atomic mass is 32.2. The average molecular weight is 480 g/mol. The average Bonchev–Trinajstić information content (AvgIpc) is 3.47. The number of hydrogen-bond acceptors (Lipinski definition) is 8. The van der Waals surface area contributed by atoms with Crippen LogP contribution < -0.4 is 0 Å². The van der Waals surface area contributed by atoms with Gasteiger partial charge in [-0.1, -0.05) is 26.8 Å². The summed E-state index contributed by atoms with van der Waals surface area (Å²) in [6.45, 7) is 5.93. The van der Waals surface area contributed by atoms with Crippen molar-refractivity contribution < 1.29 is 17.6 Å². The Bertz CT molecular complexity index is 1430. The lowest BCUT2D eigenvalue weighted by Gasteiger charge is -2.10. The highest BCUT2D eigenvalue weighted by Crippen LogP contribution is 2.24. The second-order valence-electron chi connectivity index (χ2n) is 9.05. The Balaban J connectivity index is 1.42. The third-order valence-corrected chi connectivity index (χ3v) is 6.26. The van der Waals surface area contributed by atoms with E-state index in [1.807, 2.05) is 27.0 Å². The zero-order valence-electron chi connectivity index (χ0n) is 19.4. The van der Waals surface area contributed by atoms with Gasteiger partial charge in [0.05, 0.1) is 16.8 Å². The van der Waals surface area contributed by atoms with Gasteiger partial charge < -0.3 is 4.42 Å². The van der Waals surface area contributed by atoms with Gasteiger partial charge in [-0.15, -0.1) is 10.2 Å². The fourth-order valence-corrected chi connectivity index (χ4v) is 3.83. The number of nitrogens with zero attached hydrogens (tertiary/aromatic N) is 5. The van der Waals surface area contributed by atoms with Gasteiger partial charge in [0.2, 0.25) is 5.89 Å². The first-order chi connectivity index (χ1) is 16.0. The summed E-state index contributed by atoms with van der Waals surface area (Å²) in [5.41, 5.74) is 2.12. The standard InChI is InChI=1S/C24H25N5O4S/c1-24(2,3)23-28-27-22(33-23)20-7-5-6-19(26-20)21(30)13-8-16-14-25-29(15-16)17-9-11-18(12-10-17)34(4,31)32/h5-7,9-12,14-15H,8,13H2,1-4H3. The Morgan fingerprint density at radius 1 is 1.06 bits per heavy atom. The van der Waals surface area contributed by atoms with Gasteiger partial charge in [-0.3, -0.25) is 4.79 Å². The molecule has 0 fully saturated rings. The van der Waals surface area contributed by atoms with Gasteiger partial charge >= 0.3 is 0 Å². The van der Waals surface area contributed by atoms with E-state index in [0.29, 0.717) is 23.7 Å². The first-order valence-electron chi connectivity index (χ1n) is 10.7. The van der Waals surface area contributed by atoms with Crippen LogP contribution in [0, 0.1) is 0 Å². The Morgan fingerprint density at radius 3 is 2.44 bits per heavy atom. The van der Waals surface area contributed by atoms with Crippen LogP contribution >= 0.6 is 0 Å². The number of rotatable bonds is 7. The number of benzene rings is 1. The molecule has 0 N–H and O–H groups in total. The van der Waals surface area contributed by atoms with Crippen LogP contribution in [0.5, 0.6) is 0 Å². The molecule has 0 unspecified atom stereocenters. The number of ketones is 1. The second kappa shape index (κ2) is 8.94. The van der Waals surface area contributed by atoms with Crippen LogP contribution in [0.25, 0.3) is 17.3 Å². The molecule has 3 aromatic heterocycles. The third kappa shape index (κ3) is 5.28. The summed E-state index contributed by atoms with van der Waals surface area (Å²) in [6.07, 6.45) is 5.42. The number of aryl methyl sites for hydroxylation is 1. The van der Waals surface area contributed by atoms with Crippen LogP contribution in [0.2, 0.25) is 0 Å². The maximum atomic E-state index is 12.8. The van der Waals surface area contributed by atoms with E-state index in [1.165, 1.54) is 6.26 Å². The Labute approximate surface area is 197 Å². The molecule has 0 aliphatic rings. The molecular formula is C24H25N5O4S. The molecule has 176 valence electrons. The van der Waals surface area contributed by atoms with Crippen molar-refractivity contribution >= 4 is 15.6 Å². The van der Waals surface area contributed by atoms with Crippen LogP contribution in [-0.4, -0.2) is 45.4 Å². The molecule has 0 aliphatic heterocycles. The molecule has 9 nitrogen and oxygen atoms in total. The molecule has 34 heavy (non-hydrogen) atoms. The van der Waals surface area contributed by atoms with Crippen LogP contribution in [0.1, 0.15) is 49.1 Å². The summed E-state index contributed by atoms with van der Waals surface area (Å²) in [5, 5.41) is 12.5. The van der Waals surface area contributed by atoms with Gasteiger partial charge in [0.25, 0.3) is 5.89 Å². The van der Waals surface area contributed by atoms with Crippen LogP contribution in [0.4, 0.5) is 0 Å². The van der Waals surface area contributed by atoms with Gasteiger partial charge in [0.15, 0.2) is 15.6 Å². The summed E-state index contributed by atoms with van der Waals surface area (Å²) >= 11 is 0. The summed E-state index contributed by atoms with van der Waals surface area (Å²) < 4.78 is 30.6. The lowest BCUT2D eigenvalue weighted by molar-refractivity contribution is 0.0978. The summed E-state index contributed by atoms with van der Waals surface area (Å²) in [4.78, 5) is 17.4. The molecule has 0 amide bonds. The predicted octanol–water partition coefficient (Wildman–Crippen LogP) is 3.83. The first kappa shape index (κ1) is 23.5. The molecule has 0 atom stereocenters. The fraction of sp³-hybridized carbons (Fsp3) is 0.292. The number of sulfone groups is 1. The number of carbonyl (C=O) groups is 1. The van der Waals surface area contributed by atoms with E-state index in [9.17, 15) is 13.2 Å². The number of Topliss-reactive ketones (excluding diaryl/α,β-unsaturated/α-hetero) is 1. The molecule has 1 aromatic carbocycles. The minimum atomic E-state index is -3.25. The van der Waals surface area contributed by atoms with Crippen LogP contribution in [0.15, 0.2) is 64.2 Å². The number of pyridine rings is 1. The highest BCUT2D eigenvalue weighted by molar-refractivity contribution is 7.90. The maximum Gasteiger partial charge on any atom is 0.266 e. The largest absolute Gasteiger partial charge is 0.419 e. The van der Waals surface area contributed by atoms with E-state index < -0.39 is 9.84 Å². The minimum Gasteiger partial charge on any atom is -0.419 e. The van der Waals surface area contributed by atoms with Crippen molar-refractivity contribution in [3.63, 3.8) is 0 Å². The van der Waals surface area contributed by atoms with Gasteiger partial charge in [-0.25, -0.2) is 18.1 Å². The Kier molecular flexibility index (Phi) is 6.18. The number of aromatic nitrogens is 5. The van der Waals surface area contributed by atoms with E-state index in [4.69, 9.17) is 4.42 Å². The zero-order chi connectivity index (χ0) is 24.5. The first-order valence-corrected chi connectivity index (χ1v) is 12.6. The Hall–Kier alpha value is -3.66. The lowest BCUT2D eigenvalue weighted by atomic mass is 9.97. The van der Waals surface area contributed by atoms with E-state index >= 15 is 0 Å². The van der Waals surface area contributed by atoms with E-state index in [1.54, 1.807) is 53.3 Å². The van der Waals surface area contributed by atoms with Gasteiger partial charge in [0, 0.05) is 24.3 Å². The van der Waals surface area contributed by atoms with Crippen molar-refractivity contribution in [1.29, 1.82) is 0 Å². The predicted molar refractivity (Wildman–Crippen MR) is 126 cm³/mol. The molecule has 0 radical (unpaired) electrons. The number of hydrogen-bond donors (Lipinski definition) is 0. The van der Waals surface area contributed by atoms with Crippen molar-refractivity contribution in [2.24, 2.45) is 0 Å². The summed E-state index contributed by atoms with van der Waals surface area (Å²) in [7, 11) is -3.25. The molecule has 0 bridgehead atoms. The van der Waals surface area contributed by atoms with Crippen molar-refractivity contribution in [2.75, 3.05) is 6.26 Å². The molecule has 0 saturated heterocycles. The monoisotopic (exact) mass is 479 g/mol. The molecular weight excluding hydrogens is 454 g/mol. The van der Waals surface area contributed by atoms with Gasteiger partial charge in [-0.2, -0.15) is 5.10 Å². The highest BCUT2D eigenvalue weighted by Gasteiger charge is 2.22. The Morgan fingerprint density at radius 2 is 1.79 bits per heavy atom. The van der Waals surface area contributed by atoms with Crippen LogP contribution in [-0.2, 0) is 21.7 Å². The van der Waals surface area contributed by atoms with Crippen molar-refractivity contribution in [3.8, 4) is 17.3 Å². The van der Waals surface area contributed by atoms with E-state index in [-0.39, 0.29) is 28.4 Å². The third-order valence-electron chi connectivity index (χ3n) is 5.13. The number of carbonyl (C=O) groups excluding carboxylic acids is 1. The normalized spacial score (nSPS) is 12.1. The molecule has 4 rings (SSSR count). The van der Waals surface area contributed by atoms with E-state index in [0.717, 1.165) is 11.3 Å². The minimum absolute atomic E-state index is 0.109. The molecule has 0 spiro atoms. The second-order valence-corrected chi connectivity index (χ2v) is 11.1. The quantitative estimate of drug-likeness (QED) is 0.367. The van der Waals surface area contributed by atoms with Crippen molar-refractivity contribution in [3.05, 3.63) is 72.0 Å². The lowest BCUT2D eigenvalue weighted by Crippen LogP contribution is -2.11. The van der Waals surface area contributed by atoms with Crippen LogP contribution in [0.3, 0.4) is 0 Å². The van der Waals surface area contributed by atoms with Crippen molar-refractivity contribution in [1.82, 2.24) is 25.0 Å². The van der Waals surface area contributed by atoms with E-state index in [2.05, 4.69) is 20.3 Å². The molecule has 3 heterocycles. The van der Waals surface area contributed by atoms with Gasteiger partial charge in [0.1, 0.15) is 11.4 Å². The summed E-state index contributed by atoms with van der Waals surface area (Å²) in [5.74, 6) is 0.675. The zero-order valence-corrected chi connectivity index (χ0v) is 20.2. The topological polar surface area (TPSA) is 121 Å². The maximum absolute atomic E-state index is 12.8. The molecule has 0 saturated carbocycles. The fourth-order valence-electron chi connectivity index (χ4n) is 3.20. The smallest absolute Gasteiger partial charge is 0.266 e. The SMILES string of the molecule is CC(C)(C)c1nnc(-c2cccc(C(=O)CCc3cnn(-c4ccc(S(C)(=O)=O)cc4)c3)n2)o1. The molecule has 0 aliphatic carbocycles. The van der Waals surface area contributed by atoms with Gasteiger partial charge in [-0.05, 0) is 48.4 Å². The van der Waals surface area contributed by atoms with Crippen molar-refractivity contribution in [2.45, 2.75) is 43.9 Å².